The molecular weight excluding hydrogens is 284 g/mol. The highest BCUT2D eigenvalue weighted by molar-refractivity contribution is 5.96. The lowest BCUT2D eigenvalue weighted by Gasteiger charge is -2.30. The molecule has 1 fully saturated rings. The summed E-state index contributed by atoms with van der Waals surface area (Å²) >= 11 is 0. The number of ether oxygens (including phenoxy) is 3. The zero-order valence-electron chi connectivity index (χ0n) is 13.1. The number of fused-ring (bicyclic) bond motifs is 1. The van der Waals surface area contributed by atoms with Crippen LogP contribution in [-0.2, 0) is 14.3 Å². The normalized spacial score (nSPS) is 20.5. The maximum absolute atomic E-state index is 12.4. The average molecular weight is 306 g/mol. The molecule has 3 rings (SSSR count). The Morgan fingerprint density at radius 1 is 1.41 bits per heavy atom. The summed E-state index contributed by atoms with van der Waals surface area (Å²) in [5.41, 5.74) is 1.86. The minimum absolute atomic E-state index is 0.0333. The molecule has 0 unspecified atom stereocenters. The van der Waals surface area contributed by atoms with Crippen LogP contribution in [0.1, 0.15) is 6.42 Å². The van der Waals surface area contributed by atoms with E-state index in [0.29, 0.717) is 26.4 Å². The van der Waals surface area contributed by atoms with Gasteiger partial charge in [-0.2, -0.15) is 0 Å². The summed E-state index contributed by atoms with van der Waals surface area (Å²) in [4.78, 5) is 16.2. The third-order valence-electron chi connectivity index (χ3n) is 3.95. The predicted molar refractivity (Wildman–Crippen MR) is 83.8 cm³/mol. The second kappa shape index (κ2) is 6.54. The maximum Gasteiger partial charge on any atom is 0.253 e. The van der Waals surface area contributed by atoms with E-state index in [9.17, 15) is 4.79 Å². The molecule has 1 aromatic rings. The Morgan fingerprint density at radius 2 is 2.27 bits per heavy atom. The third kappa shape index (κ3) is 3.18. The molecule has 6 nitrogen and oxygen atoms in total. The first-order valence-corrected chi connectivity index (χ1v) is 7.59. The smallest absolute Gasteiger partial charge is 0.253 e. The van der Waals surface area contributed by atoms with Gasteiger partial charge in [0.2, 0.25) is 0 Å². The molecule has 2 heterocycles. The molecule has 0 aliphatic carbocycles. The molecule has 1 amide bonds. The van der Waals surface area contributed by atoms with Crippen molar-refractivity contribution in [3.8, 4) is 5.75 Å². The second-order valence-corrected chi connectivity index (χ2v) is 5.74. The summed E-state index contributed by atoms with van der Waals surface area (Å²) < 4.78 is 16.6. The first kappa shape index (κ1) is 15.1. The van der Waals surface area contributed by atoms with E-state index in [2.05, 4.69) is 0 Å². The Labute approximate surface area is 130 Å². The van der Waals surface area contributed by atoms with Gasteiger partial charge in [-0.1, -0.05) is 0 Å². The summed E-state index contributed by atoms with van der Waals surface area (Å²) in [7, 11) is 3.95. The highest BCUT2D eigenvalue weighted by Crippen LogP contribution is 2.34. The van der Waals surface area contributed by atoms with Gasteiger partial charge in [0.15, 0.2) is 0 Å². The summed E-state index contributed by atoms with van der Waals surface area (Å²) in [6.07, 6.45) is 0.902. The second-order valence-electron chi connectivity index (χ2n) is 5.74. The first-order chi connectivity index (χ1) is 10.6. The van der Waals surface area contributed by atoms with Crippen molar-refractivity contribution in [3.05, 3.63) is 18.2 Å². The maximum atomic E-state index is 12.4. The Bertz CT molecular complexity index is 541. The molecule has 0 radical (unpaired) electrons. The molecule has 0 N–H and O–H groups in total. The summed E-state index contributed by atoms with van der Waals surface area (Å²) in [6, 6.07) is 5.88. The van der Waals surface area contributed by atoms with Crippen LogP contribution >= 0.6 is 0 Å². The van der Waals surface area contributed by atoms with Crippen LogP contribution in [0.25, 0.3) is 0 Å². The number of anilines is 2. The van der Waals surface area contributed by atoms with Gasteiger partial charge >= 0.3 is 0 Å². The topological polar surface area (TPSA) is 51.2 Å². The molecule has 0 aromatic heterocycles. The zero-order chi connectivity index (χ0) is 15.5. The van der Waals surface area contributed by atoms with Crippen LogP contribution in [-0.4, -0.2) is 59.1 Å². The Hall–Kier alpha value is -1.79. The van der Waals surface area contributed by atoms with E-state index >= 15 is 0 Å². The lowest BCUT2D eigenvalue weighted by atomic mass is 10.2. The number of nitrogens with zero attached hydrogens (tertiary/aromatic N) is 2. The molecule has 1 saturated heterocycles. The van der Waals surface area contributed by atoms with E-state index in [1.807, 2.05) is 37.2 Å². The number of carbonyl (C=O) groups is 1. The van der Waals surface area contributed by atoms with E-state index < -0.39 is 0 Å². The van der Waals surface area contributed by atoms with Crippen LogP contribution in [0.4, 0.5) is 11.4 Å². The lowest BCUT2D eigenvalue weighted by Crippen LogP contribution is -2.40. The summed E-state index contributed by atoms with van der Waals surface area (Å²) in [5, 5.41) is 0. The Kier molecular flexibility index (Phi) is 4.49. The number of hydrogen-bond donors (Lipinski definition) is 0. The van der Waals surface area contributed by atoms with Gasteiger partial charge in [0.1, 0.15) is 19.0 Å². The Morgan fingerprint density at radius 3 is 3.00 bits per heavy atom. The SMILES string of the molecule is CN(C)c1ccc2c(c1)OCCN2C(=O)CO[C@H]1CCOC1. The highest BCUT2D eigenvalue weighted by Gasteiger charge is 2.25. The minimum atomic E-state index is -0.0333. The molecule has 2 aliphatic heterocycles. The number of hydrogen-bond acceptors (Lipinski definition) is 5. The van der Waals surface area contributed by atoms with Gasteiger partial charge in [-0.05, 0) is 18.6 Å². The molecule has 0 spiro atoms. The van der Waals surface area contributed by atoms with Crippen molar-refractivity contribution in [3.63, 3.8) is 0 Å². The fourth-order valence-electron chi connectivity index (χ4n) is 2.66. The zero-order valence-corrected chi connectivity index (χ0v) is 13.1. The van der Waals surface area contributed by atoms with Crippen LogP contribution in [0.2, 0.25) is 0 Å². The van der Waals surface area contributed by atoms with Gasteiger partial charge in [0.05, 0.1) is 24.9 Å². The average Bonchev–Trinajstić information content (AvgIpc) is 3.04. The van der Waals surface area contributed by atoms with Gasteiger partial charge in [-0.25, -0.2) is 0 Å². The van der Waals surface area contributed by atoms with Gasteiger partial charge in [-0.3, -0.25) is 4.79 Å². The number of carbonyl (C=O) groups excluding carboxylic acids is 1. The van der Waals surface area contributed by atoms with Crippen LogP contribution in [0.3, 0.4) is 0 Å². The molecule has 2 aliphatic rings. The van der Waals surface area contributed by atoms with Crippen LogP contribution in [0.15, 0.2) is 18.2 Å². The molecule has 120 valence electrons. The molecule has 0 saturated carbocycles. The van der Waals surface area contributed by atoms with Crippen LogP contribution in [0, 0.1) is 0 Å². The van der Waals surface area contributed by atoms with E-state index in [0.717, 1.165) is 23.5 Å². The third-order valence-corrected chi connectivity index (χ3v) is 3.95. The number of amides is 1. The molecular formula is C16H22N2O4. The number of benzene rings is 1. The summed E-state index contributed by atoms with van der Waals surface area (Å²) in [6.45, 7) is 2.44. The van der Waals surface area contributed by atoms with Crippen molar-refractivity contribution >= 4 is 17.3 Å². The van der Waals surface area contributed by atoms with Gasteiger partial charge in [0.25, 0.3) is 5.91 Å². The van der Waals surface area contributed by atoms with Crippen LogP contribution < -0.4 is 14.5 Å². The van der Waals surface area contributed by atoms with E-state index in [1.165, 1.54) is 0 Å². The largest absolute Gasteiger partial charge is 0.489 e. The predicted octanol–water partition coefficient (Wildman–Crippen LogP) is 1.28. The van der Waals surface area contributed by atoms with Crippen molar-refractivity contribution in [2.24, 2.45) is 0 Å². The van der Waals surface area contributed by atoms with Gasteiger partial charge in [0, 0.05) is 32.5 Å². The molecule has 0 bridgehead atoms. The van der Waals surface area contributed by atoms with Gasteiger partial charge in [-0.15, -0.1) is 0 Å². The fourth-order valence-corrected chi connectivity index (χ4v) is 2.66. The van der Waals surface area contributed by atoms with Crippen LogP contribution in [0.5, 0.6) is 5.75 Å². The van der Waals surface area contributed by atoms with Crippen molar-refractivity contribution < 1.29 is 19.0 Å². The Balaban J connectivity index is 1.69. The van der Waals surface area contributed by atoms with Crippen molar-refractivity contribution in [1.82, 2.24) is 0 Å². The first-order valence-electron chi connectivity index (χ1n) is 7.59. The highest BCUT2D eigenvalue weighted by atomic mass is 16.5. The lowest BCUT2D eigenvalue weighted by molar-refractivity contribution is -0.125. The van der Waals surface area contributed by atoms with E-state index in [-0.39, 0.29) is 18.6 Å². The fraction of sp³-hybridized carbons (Fsp3) is 0.562. The molecule has 6 heteroatoms. The minimum Gasteiger partial charge on any atom is -0.489 e. The monoisotopic (exact) mass is 306 g/mol. The van der Waals surface area contributed by atoms with E-state index in [1.54, 1.807) is 4.90 Å². The quantitative estimate of drug-likeness (QED) is 0.839. The van der Waals surface area contributed by atoms with E-state index in [4.69, 9.17) is 14.2 Å². The van der Waals surface area contributed by atoms with Crippen molar-refractivity contribution in [1.29, 1.82) is 0 Å². The molecule has 1 atom stereocenters. The van der Waals surface area contributed by atoms with Crippen molar-refractivity contribution in [2.75, 3.05) is 56.9 Å². The molecule has 1 aromatic carbocycles. The summed E-state index contributed by atoms with van der Waals surface area (Å²) in [5.74, 6) is 0.712. The standard InChI is InChI=1S/C16H22N2O4/c1-17(2)12-3-4-14-15(9-12)21-8-6-18(14)16(19)11-22-13-5-7-20-10-13/h3-4,9,13H,5-8,10-11H2,1-2H3/t13-/m0/s1. The van der Waals surface area contributed by atoms with Gasteiger partial charge < -0.3 is 24.0 Å². The van der Waals surface area contributed by atoms with Crippen molar-refractivity contribution in [2.45, 2.75) is 12.5 Å². The molecule has 22 heavy (non-hydrogen) atoms. The number of rotatable bonds is 4.